The van der Waals surface area contributed by atoms with Crippen LogP contribution < -0.4 is 30.3 Å². The van der Waals surface area contributed by atoms with E-state index in [1.54, 1.807) is 34.8 Å². The molecule has 4 fully saturated rings. The number of hydrogen-bond acceptors (Lipinski definition) is 22. The number of imidazole rings is 1. The van der Waals surface area contributed by atoms with Crippen LogP contribution in [-0.4, -0.2) is 221 Å². The van der Waals surface area contributed by atoms with E-state index < -0.39 is 107 Å². The number of nitrogens with two attached hydrogens (primary N) is 1. The van der Waals surface area contributed by atoms with Crippen molar-refractivity contribution >= 4 is 63.8 Å². The average molecular weight is 1300 g/mol. The minimum Gasteiger partial charge on any atom is -0.497 e. The standard InChI is InChI=1S/C46H56N4O10.C22H29N7O5/c1-7-42(55)22-28-23-45(40(53)58-5,36-30(14-18-48(24-28)25-42)29-12-9-10-13-33(29)47-36)32-20-31-34(21-35(32)57-4)50(26-51)38-44(31)16-19-49-17-11-15-43(8-2,37(44)49)39(60-27(3)52)46(38,56)41(54)59-6;1-28(2)19-17-20(25-10-24-19)29(11-26-17)22-18(31)16(15(9-30)34-22)27-21(32)14(23)8-12-4-6-13(33-3)7-5-12/h9-13,15,20-21,26,28,37-39,47,55-56H,7-8,14,16-19,22-25H2,1-6H3;4-7,10-11,14-16,18,22,30-31H,8-9,23H2,1-3H3,(H,27,32)/t28-,37+,38-,39-,42+,43-,44-,45+,46+;14-,15+,16+,18+,22+/m10/s1. The van der Waals surface area contributed by atoms with Gasteiger partial charge in [0.2, 0.25) is 17.9 Å². The highest BCUT2D eigenvalue weighted by Gasteiger charge is 2.81. The number of piperidine rings is 1. The molecule has 3 aromatic heterocycles. The first kappa shape index (κ1) is 66.0. The van der Waals surface area contributed by atoms with E-state index in [2.05, 4.69) is 41.1 Å². The molecule has 26 nitrogen and oxygen atoms in total. The lowest BCUT2D eigenvalue weighted by Gasteiger charge is -2.63. The van der Waals surface area contributed by atoms with Crippen molar-refractivity contribution in [2.75, 3.05) is 91.7 Å². The summed E-state index contributed by atoms with van der Waals surface area (Å²) < 4.78 is 36.3. The number of amides is 2. The predicted octanol–water partition coefficient (Wildman–Crippen LogP) is 2.72. The fourth-order valence-corrected chi connectivity index (χ4v) is 17.4. The molecule has 1 aliphatic carbocycles. The van der Waals surface area contributed by atoms with E-state index in [1.807, 2.05) is 76.5 Å². The van der Waals surface area contributed by atoms with Crippen molar-refractivity contribution in [1.29, 1.82) is 0 Å². The molecule has 3 saturated heterocycles. The number of fused-ring (bicyclic) bond motifs is 7. The van der Waals surface area contributed by atoms with Crippen molar-refractivity contribution in [3.8, 4) is 11.5 Å². The Morgan fingerprint density at radius 1 is 0.936 bits per heavy atom. The number of nitrogens with one attached hydrogen (secondary N) is 2. The van der Waals surface area contributed by atoms with Crippen molar-refractivity contribution < 1.29 is 72.8 Å². The molecular formula is C68H85N11O15. The number of benzene rings is 3. The topological polar surface area (TPSA) is 332 Å². The van der Waals surface area contributed by atoms with Gasteiger partial charge in [0.15, 0.2) is 29.3 Å². The van der Waals surface area contributed by atoms with E-state index >= 15 is 4.79 Å². The Kier molecular flexibility index (Phi) is 17.7. The summed E-state index contributed by atoms with van der Waals surface area (Å²) in [6, 6.07) is 15.5. The van der Waals surface area contributed by atoms with Crippen molar-refractivity contribution in [2.45, 2.75) is 136 Å². The summed E-state index contributed by atoms with van der Waals surface area (Å²) in [5.41, 5.74) is 4.83. The Morgan fingerprint density at radius 3 is 2.36 bits per heavy atom. The van der Waals surface area contributed by atoms with Gasteiger partial charge in [-0.05, 0) is 98.4 Å². The third-order valence-electron chi connectivity index (χ3n) is 21.4. The molecule has 502 valence electrons. The Labute approximate surface area is 544 Å². The molecule has 2 amide bonds. The molecule has 0 radical (unpaired) electrons. The van der Waals surface area contributed by atoms with Gasteiger partial charge in [0, 0.05) is 92.3 Å². The molecule has 8 N–H and O–H groups in total. The summed E-state index contributed by atoms with van der Waals surface area (Å²) in [4.78, 5) is 93.6. The quantitative estimate of drug-likeness (QED) is 0.0317. The van der Waals surface area contributed by atoms with Crippen LogP contribution in [0, 0.1) is 11.3 Å². The van der Waals surface area contributed by atoms with Gasteiger partial charge in [-0.15, -0.1) is 0 Å². The minimum atomic E-state index is -2.53. The molecule has 9 heterocycles. The number of aliphatic hydroxyl groups excluding tert-OH is 2. The zero-order valence-electron chi connectivity index (χ0n) is 54.5. The number of aromatic amines is 1. The number of carbonyl (C=O) groups excluding carboxylic acids is 5. The third kappa shape index (κ3) is 10.3. The molecule has 94 heavy (non-hydrogen) atoms. The van der Waals surface area contributed by atoms with Gasteiger partial charge in [0.05, 0.1) is 70.8 Å². The average Bonchev–Trinajstić information content (AvgIpc) is 1.45. The van der Waals surface area contributed by atoms with Gasteiger partial charge in [-0.25, -0.2) is 19.7 Å². The fourth-order valence-electron chi connectivity index (χ4n) is 17.4. The third-order valence-corrected chi connectivity index (χ3v) is 21.4. The van der Waals surface area contributed by atoms with Gasteiger partial charge in [-0.3, -0.25) is 33.5 Å². The normalized spacial score (nSPS) is 31.6. The van der Waals surface area contributed by atoms with Gasteiger partial charge < -0.3 is 74.7 Å². The summed E-state index contributed by atoms with van der Waals surface area (Å²) in [7, 11) is 9.34. The van der Waals surface area contributed by atoms with Crippen LogP contribution in [0.5, 0.6) is 11.5 Å². The first-order chi connectivity index (χ1) is 45.1. The smallest absolute Gasteiger partial charge is 0.344 e. The molecule has 1 saturated carbocycles. The van der Waals surface area contributed by atoms with E-state index in [1.165, 1.54) is 45.8 Å². The minimum absolute atomic E-state index is 0.155. The zero-order valence-corrected chi connectivity index (χ0v) is 54.5. The Balaban J connectivity index is 0.000000211. The van der Waals surface area contributed by atoms with Crippen LogP contribution in [0.15, 0.2) is 85.5 Å². The first-order valence-electron chi connectivity index (χ1n) is 32.1. The molecule has 7 aliphatic rings. The molecule has 3 aromatic carbocycles. The van der Waals surface area contributed by atoms with Crippen LogP contribution in [0.25, 0.3) is 22.1 Å². The molecule has 26 heteroatoms. The van der Waals surface area contributed by atoms with Crippen molar-refractivity contribution in [3.63, 3.8) is 0 Å². The van der Waals surface area contributed by atoms with E-state index in [4.69, 9.17) is 34.2 Å². The maximum atomic E-state index is 15.3. The largest absolute Gasteiger partial charge is 0.497 e. The summed E-state index contributed by atoms with van der Waals surface area (Å²) in [5, 5.41) is 49.9. The van der Waals surface area contributed by atoms with Gasteiger partial charge in [0.1, 0.15) is 35.4 Å². The number of ether oxygens (including phenoxy) is 6. The van der Waals surface area contributed by atoms with Crippen LogP contribution in [-0.2, 0) is 66.6 Å². The number of hydrogen-bond donors (Lipinski definition) is 7. The van der Waals surface area contributed by atoms with E-state index in [0.29, 0.717) is 129 Å². The van der Waals surface area contributed by atoms with Gasteiger partial charge in [-0.2, -0.15) is 0 Å². The number of anilines is 2. The Hall–Kier alpha value is -8.08. The van der Waals surface area contributed by atoms with Gasteiger partial charge in [0.25, 0.3) is 0 Å². The molecule has 1 spiro atoms. The molecule has 2 bridgehead atoms. The van der Waals surface area contributed by atoms with Crippen LogP contribution >= 0.6 is 0 Å². The van der Waals surface area contributed by atoms with Crippen molar-refractivity contribution in [3.05, 3.63) is 113 Å². The van der Waals surface area contributed by atoms with Crippen LogP contribution in [0.2, 0.25) is 0 Å². The molecule has 15 atom stereocenters. The Bertz CT molecular complexity index is 3920. The highest BCUT2D eigenvalue weighted by molar-refractivity contribution is 5.97. The lowest BCUT2D eigenvalue weighted by Crippen LogP contribution is -2.81. The second kappa shape index (κ2) is 25.2. The number of aliphatic hydroxyl groups is 4. The number of methoxy groups -OCH3 is 4. The Morgan fingerprint density at radius 2 is 1.69 bits per heavy atom. The molecular weight excluding hydrogens is 1210 g/mol. The fraction of sp³-hybridized carbons (Fsp3) is 0.529. The molecule has 6 aliphatic heterocycles. The number of aromatic nitrogens is 5. The highest BCUT2D eigenvalue weighted by atomic mass is 16.6. The van der Waals surface area contributed by atoms with Crippen molar-refractivity contribution in [1.82, 2.24) is 39.6 Å². The lowest BCUT2D eigenvalue weighted by molar-refractivity contribution is -0.228. The lowest BCUT2D eigenvalue weighted by atomic mass is 9.47. The summed E-state index contributed by atoms with van der Waals surface area (Å²) in [6.45, 7) is 7.76. The SMILES string of the molecule is CC[C@]1(O)C[C@H]2CN(CCc3c([nH]c4ccccc34)[C@@](C(=O)OC)(c3cc4c(cc3OC)N(C=O)[C@H]3[C@@](O)(C(=O)OC)[C@H](OC(C)=O)[C@]5(CC)C=CCN6CC[C@]43[C@@H]65)C2)C1.COc1ccc(C[C@H](N)C(=O)N[C@H]2[C@@H](O)[C@H](n3cnc4c(N(C)C)ncnc43)O[C@@H]2CO)cc1. The van der Waals surface area contributed by atoms with Gasteiger partial charge in [-0.1, -0.05) is 56.3 Å². The number of para-hydroxylation sites is 1. The highest BCUT2D eigenvalue weighted by Crippen LogP contribution is 2.68. The monoisotopic (exact) mass is 1300 g/mol. The zero-order chi connectivity index (χ0) is 67.0. The van der Waals surface area contributed by atoms with Gasteiger partial charge >= 0.3 is 17.9 Å². The number of nitrogens with zero attached hydrogens (tertiary/aromatic N) is 8. The van der Waals surface area contributed by atoms with Crippen LogP contribution in [0.3, 0.4) is 0 Å². The summed E-state index contributed by atoms with van der Waals surface area (Å²) >= 11 is 0. The predicted molar refractivity (Wildman–Crippen MR) is 344 cm³/mol. The second-order valence-corrected chi connectivity index (χ2v) is 26.5. The maximum absolute atomic E-state index is 15.3. The summed E-state index contributed by atoms with van der Waals surface area (Å²) in [6.07, 6.45) is 6.08. The second-order valence-electron chi connectivity index (χ2n) is 26.5. The first-order valence-corrected chi connectivity index (χ1v) is 32.1. The van der Waals surface area contributed by atoms with E-state index in [9.17, 15) is 39.6 Å². The number of esters is 3. The van der Waals surface area contributed by atoms with Crippen molar-refractivity contribution in [2.24, 2.45) is 17.1 Å². The molecule has 1 unspecified atom stereocenters. The summed E-state index contributed by atoms with van der Waals surface area (Å²) in [5.74, 6) is -1.20. The number of rotatable bonds is 16. The van der Waals surface area contributed by atoms with E-state index in [0.717, 1.165) is 22.0 Å². The maximum Gasteiger partial charge on any atom is 0.344 e. The molecule has 6 aromatic rings. The molecule has 13 rings (SSSR count). The van der Waals surface area contributed by atoms with E-state index in [-0.39, 0.29) is 12.3 Å². The van der Waals surface area contributed by atoms with Crippen LogP contribution in [0.1, 0.15) is 87.1 Å². The van der Waals surface area contributed by atoms with Crippen LogP contribution in [0.4, 0.5) is 11.5 Å². The number of carbonyl (C=O) groups is 5. The number of H-pyrrole nitrogens is 1.